The van der Waals surface area contributed by atoms with Gasteiger partial charge < -0.3 is 0 Å². The Balaban J connectivity index is 2.04. The molecule has 0 fully saturated rings. The van der Waals surface area contributed by atoms with E-state index in [2.05, 4.69) is 62.2 Å². The molecule has 2 aromatic heterocycles. The Labute approximate surface area is 178 Å². The third-order valence-corrected chi connectivity index (χ3v) is 5.53. The molecule has 0 radical (unpaired) electrons. The third kappa shape index (κ3) is 3.56. The van der Waals surface area contributed by atoms with Crippen molar-refractivity contribution in [3.8, 4) is 16.9 Å². The van der Waals surface area contributed by atoms with Crippen LogP contribution in [-0.2, 0) is 5.41 Å². The molecule has 0 spiro atoms. The summed E-state index contributed by atoms with van der Waals surface area (Å²) in [5.41, 5.74) is 5.15. The molecule has 0 amide bonds. The summed E-state index contributed by atoms with van der Waals surface area (Å²) in [6.45, 7) is 8.69. The number of pyridine rings is 1. The molecule has 0 unspecified atom stereocenters. The van der Waals surface area contributed by atoms with Gasteiger partial charge in [0.25, 0.3) is 0 Å². The number of rotatable bonds is 5. The number of aromatic nitrogens is 2. The predicted molar refractivity (Wildman–Crippen MR) is 124 cm³/mol. The van der Waals surface area contributed by atoms with Crippen molar-refractivity contribution in [1.82, 2.24) is 9.55 Å². The van der Waals surface area contributed by atoms with Crippen molar-refractivity contribution in [2.24, 2.45) is 0 Å². The molecule has 0 N–H and O–H groups in total. The van der Waals surface area contributed by atoms with Gasteiger partial charge in [-0.25, -0.2) is 4.98 Å². The fourth-order valence-electron chi connectivity index (χ4n) is 4.00. The molecule has 0 atom stereocenters. The van der Waals surface area contributed by atoms with Gasteiger partial charge in [0.05, 0.1) is 11.2 Å². The van der Waals surface area contributed by atoms with Crippen LogP contribution in [0.3, 0.4) is 0 Å². The maximum atomic E-state index is 13.4. The number of hydrogen-bond donors (Lipinski definition) is 0. The van der Waals surface area contributed by atoms with Gasteiger partial charge in [0.15, 0.2) is 5.78 Å². The van der Waals surface area contributed by atoms with Crippen molar-refractivity contribution in [1.29, 1.82) is 0 Å². The topological polar surface area (TPSA) is 34.9 Å². The van der Waals surface area contributed by atoms with Gasteiger partial charge in [-0.2, -0.15) is 0 Å². The predicted octanol–water partition coefficient (Wildman–Crippen LogP) is 6.97. The van der Waals surface area contributed by atoms with E-state index in [0.29, 0.717) is 6.42 Å². The van der Waals surface area contributed by atoms with Crippen molar-refractivity contribution < 1.29 is 4.79 Å². The Bertz CT molecular complexity index is 1180. The molecule has 3 heteroatoms. The Kier molecular flexibility index (Phi) is 5.29. The first kappa shape index (κ1) is 20.1. The molecule has 0 aliphatic heterocycles. The first-order valence-corrected chi connectivity index (χ1v) is 10.6. The number of nitrogens with zero attached hydrogens (tertiary/aromatic N) is 2. The number of benzene rings is 2. The second-order valence-electron chi connectivity index (χ2n) is 8.76. The maximum Gasteiger partial charge on any atom is 0.180 e. The SMILES string of the molecule is CCCC(=O)c1c(-c2ccc(C(C)(C)C)cc2)c2ccccc2n1-c1ccccn1. The van der Waals surface area contributed by atoms with Crippen LogP contribution >= 0.6 is 0 Å². The lowest BCUT2D eigenvalue weighted by Gasteiger charge is -2.19. The van der Waals surface area contributed by atoms with Crippen LogP contribution in [0.4, 0.5) is 0 Å². The highest BCUT2D eigenvalue weighted by atomic mass is 16.1. The molecule has 0 aliphatic rings. The molecule has 30 heavy (non-hydrogen) atoms. The first-order valence-electron chi connectivity index (χ1n) is 10.6. The first-order chi connectivity index (χ1) is 14.4. The van der Waals surface area contributed by atoms with Gasteiger partial charge in [0.1, 0.15) is 5.82 Å². The summed E-state index contributed by atoms with van der Waals surface area (Å²) < 4.78 is 2.03. The molecular formula is C27H28N2O. The lowest BCUT2D eigenvalue weighted by atomic mass is 9.86. The number of carbonyl (C=O) groups excluding carboxylic acids is 1. The lowest BCUT2D eigenvalue weighted by Crippen LogP contribution is -2.11. The molecule has 0 saturated heterocycles. The Hall–Kier alpha value is -3.20. The minimum atomic E-state index is 0.0847. The van der Waals surface area contributed by atoms with Crippen molar-refractivity contribution in [3.05, 3.63) is 84.2 Å². The van der Waals surface area contributed by atoms with Crippen LogP contribution in [0.25, 0.3) is 27.8 Å². The molecule has 152 valence electrons. The Morgan fingerprint density at radius 1 is 0.933 bits per heavy atom. The summed E-state index contributed by atoms with van der Waals surface area (Å²) in [5, 5.41) is 1.08. The molecule has 4 rings (SSSR count). The van der Waals surface area contributed by atoms with E-state index in [9.17, 15) is 4.79 Å². The number of hydrogen-bond acceptors (Lipinski definition) is 2. The van der Waals surface area contributed by atoms with E-state index in [0.717, 1.165) is 40.0 Å². The highest BCUT2D eigenvalue weighted by molar-refractivity contribution is 6.11. The van der Waals surface area contributed by atoms with Crippen LogP contribution in [0.5, 0.6) is 0 Å². The molecule has 2 heterocycles. The van der Waals surface area contributed by atoms with Crippen LogP contribution < -0.4 is 0 Å². The molecule has 0 saturated carbocycles. The highest BCUT2D eigenvalue weighted by Crippen LogP contribution is 2.38. The zero-order chi connectivity index (χ0) is 21.3. The van der Waals surface area contributed by atoms with Crippen molar-refractivity contribution in [2.75, 3.05) is 0 Å². The van der Waals surface area contributed by atoms with Gasteiger partial charge in [0, 0.05) is 23.6 Å². The van der Waals surface area contributed by atoms with E-state index in [1.54, 1.807) is 6.20 Å². The summed E-state index contributed by atoms with van der Waals surface area (Å²) in [5.74, 6) is 0.917. The summed E-state index contributed by atoms with van der Waals surface area (Å²) >= 11 is 0. The fraction of sp³-hybridized carbons (Fsp3) is 0.259. The van der Waals surface area contributed by atoms with E-state index in [-0.39, 0.29) is 11.2 Å². The zero-order valence-corrected chi connectivity index (χ0v) is 18.1. The summed E-state index contributed by atoms with van der Waals surface area (Å²) in [7, 11) is 0. The van der Waals surface area contributed by atoms with E-state index in [1.165, 1.54) is 5.56 Å². The second kappa shape index (κ2) is 7.91. The van der Waals surface area contributed by atoms with E-state index in [4.69, 9.17) is 0 Å². The largest absolute Gasteiger partial charge is 0.292 e. The van der Waals surface area contributed by atoms with Crippen LogP contribution in [0.2, 0.25) is 0 Å². The Morgan fingerprint density at radius 3 is 2.27 bits per heavy atom. The smallest absolute Gasteiger partial charge is 0.180 e. The van der Waals surface area contributed by atoms with E-state index >= 15 is 0 Å². The molecule has 0 aliphatic carbocycles. The van der Waals surface area contributed by atoms with Crippen LogP contribution in [0.1, 0.15) is 56.6 Å². The zero-order valence-electron chi connectivity index (χ0n) is 18.1. The maximum absolute atomic E-state index is 13.4. The number of Topliss-reactive ketones (excluding diaryl/α,β-unsaturated/α-hetero) is 1. The van der Waals surface area contributed by atoms with Gasteiger partial charge in [-0.15, -0.1) is 0 Å². The molecule has 0 bridgehead atoms. The van der Waals surface area contributed by atoms with Gasteiger partial charge >= 0.3 is 0 Å². The molecule has 4 aromatic rings. The number of carbonyl (C=O) groups is 1. The Morgan fingerprint density at radius 2 is 1.63 bits per heavy atom. The third-order valence-electron chi connectivity index (χ3n) is 5.53. The number of fused-ring (bicyclic) bond motifs is 1. The standard InChI is InChI=1S/C27H28N2O/c1-5-10-23(30)26-25(19-14-16-20(17-15-19)27(2,3)4)21-11-6-7-12-22(21)29(26)24-13-8-9-18-28-24/h6-9,11-18H,5,10H2,1-4H3. The van der Waals surface area contributed by atoms with Crippen molar-refractivity contribution in [3.63, 3.8) is 0 Å². The van der Waals surface area contributed by atoms with Gasteiger partial charge in [-0.1, -0.05) is 76.2 Å². The van der Waals surface area contributed by atoms with E-state index < -0.39 is 0 Å². The molecule has 2 aromatic carbocycles. The lowest BCUT2D eigenvalue weighted by molar-refractivity contribution is 0.0976. The van der Waals surface area contributed by atoms with Crippen molar-refractivity contribution in [2.45, 2.75) is 46.0 Å². The quantitative estimate of drug-likeness (QED) is 0.341. The van der Waals surface area contributed by atoms with Crippen LogP contribution in [-0.4, -0.2) is 15.3 Å². The molecular weight excluding hydrogens is 368 g/mol. The summed E-state index contributed by atoms with van der Waals surface area (Å²) in [6, 6.07) is 22.7. The highest BCUT2D eigenvalue weighted by Gasteiger charge is 2.25. The normalized spacial score (nSPS) is 11.7. The average Bonchev–Trinajstić information content (AvgIpc) is 3.09. The van der Waals surface area contributed by atoms with Gasteiger partial charge in [-0.3, -0.25) is 9.36 Å². The average molecular weight is 397 g/mol. The second-order valence-corrected chi connectivity index (χ2v) is 8.76. The van der Waals surface area contributed by atoms with Crippen LogP contribution in [0, 0.1) is 0 Å². The molecule has 3 nitrogen and oxygen atoms in total. The summed E-state index contributed by atoms with van der Waals surface area (Å²) in [6.07, 6.45) is 3.09. The summed E-state index contributed by atoms with van der Waals surface area (Å²) in [4.78, 5) is 17.9. The monoisotopic (exact) mass is 396 g/mol. The van der Waals surface area contributed by atoms with E-state index in [1.807, 2.05) is 41.8 Å². The number of ketones is 1. The van der Waals surface area contributed by atoms with Gasteiger partial charge in [-0.05, 0) is 41.2 Å². The number of para-hydroxylation sites is 1. The fourth-order valence-corrected chi connectivity index (χ4v) is 4.00. The van der Waals surface area contributed by atoms with Gasteiger partial charge in [0.2, 0.25) is 0 Å². The van der Waals surface area contributed by atoms with Crippen molar-refractivity contribution >= 4 is 16.7 Å². The minimum absolute atomic E-state index is 0.0847. The van der Waals surface area contributed by atoms with Crippen LogP contribution in [0.15, 0.2) is 72.9 Å². The minimum Gasteiger partial charge on any atom is -0.292 e.